The van der Waals surface area contributed by atoms with Gasteiger partial charge >= 0.3 is 0 Å². The Hall–Kier alpha value is -1.07. The lowest BCUT2D eigenvalue weighted by Gasteiger charge is -2.11. The summed E-state index contributed by atoms with van der Waals surface area (Å²) < 4.78 is 0. The molecule has 2 fully saturated rings. The number of hydrogen-bond donors (Lipinski definition) is 2. The van der Waals surface area contributed by atoms with Crippen LogP contribution in [-0.2, 0) is 4.79 Å². The predicted molar refractivity (Wildman–Crippen MR) is 71.9 cm³/mol. The molecule has 4 nitrogen and oxygen atoms in total. The number of carbonyl (C=O) groups excluding carboxylic acids is 1. The van der Waals surface area contributed by atoms with Gasteiger partial charge in [-0.1, -0.05) is 0 Å². The number of nitrogens with one attached hydrogen (secondary N) is 1. The molecule has 1 aromatic rings. The summed E-state index contributed by atoms with van der Waals surface area (Å²) in [5, 5.41) is 9.15. The van der Waals surface area contributed by atoms with Crippen molar-refractivity contribution >= 4 is 23.5 Å². The minimum atomic E-state index is 0.151. The molecule has 0 aliphatic heterocycles. The summed E-state index contributed by atoms with van der Waals surface area (Å²) >= 11 is 1.09. The third kappa shape index (κ3) is 2.37. The van der Waals surface area contributed by atoms with Gasteiger partial charge in [0.2, 0.25) is 5.91 Å². The lowest BCUT2D eigenvalue weighted by atomic mass is 10.0. The number of hydrogen-bond acceptors (Lipinski definition) is 4. The van der Waals surface area contributed by atoms with Gasteiger partial charge in [-0.3, -0.25) is 9.93 Å². The molecule has 0 radical (unpaired) electrons. The quantitative estimate of drug-likeness (QED) is 0.822. The number of pyridine rings is 1. The molecule has 1 spiro atoms. The van der Waals surface area contributed by atoms with Crippen molar-refractivity contribution in [2.24, 2.45) is 16.5 Å². The van der Waals surface area contributed by atoms with Crippen molar-refractivity contribution in [3.63, 3.8) is 0 Å². The largest absolute Gasteiger partial charge is 0.326 e. The van der Waals surface area contributed by atoms with Gasteiger partial charge in [-0.15, -0.1) is 0 Å². The molecule has 1 heterocycles. The van der Waals surface area contributed by atoms with Crippen molar-refractivity contribution in [1.82, 2.24) is 4.98 Å². The van der Waals surface area contributed by atoms with E-state index in [2.05, 4.69) is 10.3 Å². The Bertz CT molecular complexity index is 473. The van der Waals surface area contributed by atoms with Crippen molar-refractivity contribution in [3.05, 3.63) is 18.3 Å². The van der Waals surface area contributed by atoms with Crippen molar-refractivity contribution in [2.45, 2.75) is 37.1 Å². The van der Waals surface area contributed by atoms with Gasteiger partial charge in [0.25, 0.3) is 0 Å². The van der Waals surface area contributed by atoms with Crippen LogP contribution in [0.5, 0.6) is 0 Å². The molecule has 0 saturated heterocycles. The van der Waals surface area contributed by atoms with Crippen LogP contribution in [-0.4, -0.2) is 10.9 Å². The van der Waals surface area contributed by atoms with Crippen molar-refractivity contribution in [2.75, 3.05) is 5.32 Å². The van der Waals surface area contributed by atoms with Crippen LogP contribution in [0, 0.1) is 11.3 Å². The first-order valence-corrected chi connectivity index (χ1v) is 7.22. The molecule has 1 unspecified atom stereocenters. The zero-order chi connectivity index (χ0) is 12.6. The van der Waals surface area contributed by atoms with Gasteiger partial charge in [-0.05, 0) is 61.6 Å². The zero-order valence-electron chi connectivity index (χ0n) is 10.2. The van der Waals surface area contributed by atoms with Gasteiger partial charge in [-0.2, -0.15) is 0 Å². The maximum absolute atomic E-state index is 12.2. The molecule has 3 rings (SSSR count). The average molecular weight is 263 g/mol. The molecular weight excluding hydrogens is 246 g/mol. The molecule has 18 heavy (non-hydrogen) atoms. The number of nitrogens with zero attached hydrogens (tertiary/aromatic N) is 1. The van der Waals surface area contributed by atoms with Crippen LogP contribution >= 0.6 is 11.9 Å². The Morgan fingerprint density at radius 2 is 2.33 bits per heavy atom. The molecule has 5 heteroatoms. The van der Waals surface area contributed by atoms with Crippen molar-refractivity contribution in [3.8, 4) is 0 Å². The van der Waals surface area contributed by atoms with Crippen LogP contribution in [0.25, 0.3) is 0 Å². The molecule has 0 aromatic carbocycles. The Kier molecular flexibility index (Phi) is 3.03. The molecule has 1 aromatic heterocycles. The number of aromatic nitrogens is 1. The van der Waals surface area contributed by atoms with E-state index in [4.69, 9.17) is 5.14 Å². The molecule has 96 valence electrons. The van der Waals surface area contributed by atoms with Crippen LogP contribution in [0.15, 0.2) is 23.4 Å². The van der Waals surface area contributed by atoms with E-state index in [1.165, 1.54) is 19.3 Å². The summed E-state index contributed by atoms with van der Waals surface area (Å²) in [5.41, 5.74) is 1.33. The first-order valence-electron chi connectivity index (χ1n) is 6.34. The van der Waals surface area contributed by atoms with Crippen LogP contribution in [0.3, 0.4) is 0 Å². The smallest absolute Gasteiger partial charge is 0.227 e. The van der Waals surface area contributed by atoms with Crippen molar-refractivity contribution in [1.29, 1.82) is 0 Å². The second-order valence-electron chi connectivity index (χ2n) is 5.43. The maximum atomic E-state index is 12.2. The van der Waals surface area contributed by atoms with Gasteiger partial charge in [-0.25, -0.2) is 4.98 Å². The SMILES string of the molecule is NSc1cc(NC(=O)C2CCC3(CC3)C2)ccn1. The van der Waals surface area contributed by atoms with E-state index in [9.17, 15) is 4.79 Å². The molecular formula is C13H17N3OS. The van der Waals surface area contributed by atoms with Gasteiger partial charge in [0.05, 0.1) is 0 Å². The van der Waals surface area contributed by atoms with Crippen LogP contribution in [0.1, 0.15) is 32.1 Å². The monoisotopic (exact) mass is 263 g/mol. The normalized spacial score (nSPS) is 24.2. The predicted octanol–water partition coefficient (Wildman–Crippen LogP) is 2.57. The summed E-state index contributed by atoms with van der Waals surface area (Å²) in [6.45, 7) is 0. The van der Waals surface area contributed by atoms with Crippen LogP contribution in [0.2, 0.25) is 0 Å². The lowest BCUT2D eigenvalue weighted by Crippen LogP contribution is -2.20. The molecule has 1 amide bonds. The Morgan fingerprint density at radius 1 is 1.50 bits per heavy atom. The molecule has 2 saturated carbocycles. The molecule has 1 atom stereocenters. The van der Waals surface area contributed by atoms with E-state index >= 15 is 0 Å². The van der Waals surface area contributed by atoms with Gasteiger partial charge in [0, 0.05) is 17.8 Å². The van der Waals surface area contributed by atoms with E-state index in [1.54, 1.807) is 12.3 Å². The first kappa shape index (κ1) is 12.0. The highest BCUT2D eigenvalue weighted by Gasteiger charge is 2.49. The minimum absolute atomic E-state index is 0.151. The molecule has 3 N–H and O–H groups in total. The number of anilines is 1. The van der Waals surface area contributed by atoms with Gasteiger partial charge in [0.1, 0.15) is 5.03 Å². The van der Waals surface area contributed by atoms with Crippen LogP contribution in [0.4, 0.5) is 5.69 Å². The minimum Gasteiger partial charge on any atom is -0.326 e. The summed E-state index contributed by atoms with van der Waals surface area (Å²) in [7, 11) is 0. The Labute approximate surface area is 111 Å². The van der Waals surface area contributed by atoms with E-state index in [-0.39, 0.29) is 11.8 Å². The van der Waals surface area contributed by atoms with Gasteiger partial charge < -0.3 is 5.32 Å². The highest BCUT2D eigenvalue weighted by molar-refractivity contribution is 7.97. The summed E-state index contributed by atoms with van der Waals surface area (Å²) in [4.78, 5) is 16.2. The van der Waals surface area contributed by atoms with Crippen molar-refractivity contribution < 1.29 is 4.79 Å². The fourth-order valence-corrected chi connectivity index (χ4v) is 3.17. The standard InChI is InChI=1S/C13H17N3OS/c14-18-11-7-10(2-6-15-11)16-12(17)9-1-3-13(8-9)4-5-13/h2,6-7,9H,1,3-5,8,14H2,(H,15,16,17). The first-order chi connectivity index (χ1) is 8.71. The molecule has 2 aliphatic rings. The third-order valence-corrected chi connectivity index (χ3v) is 4.62. The zero-order valence-corrected chi connectivity index (χ0v) is 11.0. The summed E-state index contributed by atoms with van der Waals surface area (Å²) in [6, 6.07) is 3.61. The molecule has 0 bridgehead atoms. The average Bonchev–Trinajstić information content (AvgIpc) is 2.99. The highest BCUT2D eigenvalue weighted by atomic mass is 32.2. The van der Waals surface area contributed by atoms with Gasteiger partial charge in [0.15, 0.2) is 0 Å². The number of amides is 1. The number of carbonyl (C=O) groups is 1. The van der Waals surface area contributed by atoms with E-state index < -0.39 is 0 Å². The number of nitrogens with two attached hydrogens (primary N) is 1. The second kappa shape index (κ2) is 4.55. The fraction of sp³-hybridized carbons (Fsp3) is 0.538. The second-order valence-corrected chi connectivity index (χ2v) is 6.08. The topological polar surface area (TPSA) is 68.0 Å². The Balaban J connectivity index is 1.63. The summed E-state index contributed by atoms with van der Waals surface area (Å²) in [5.74, 6) is 0.340. The van der Waals surface area contributed by atoms with Crippen LogP contribution < -0.4 is 10.5 Å². The summed E-state index contributed by atoms with van der Waals surface area (Å²) in [6.07, 6.45) is 7.64. The van der Waals surface area contributed by atoms with E-state index in [1.807, 2.05) is 6.07 Å². The van der Waals surface area contributed by atoms with E-state index in [0.717, 1.165) is 35.5 Å². The Morgan fingerprint density at radius 3 is 3.00 bits per heavy atom. The van der Waals surface area contributed by atoms with E-state index in [0.29, 0.717) is 5.41 Å². The maximum Gasteiger partial charge on any atom is 0.227 e. The lowest BCUT2D eigenvalue weighted by molar-refractivity contribution is -0.119. The number of rotatable bonds is 3. The third-order valence-electron chi connectivity index (χ3n) is 4.15. The fourth-order valence-electron chi connectivity index (χ4n) is 2.86. The molecule has 2 aliphatic carbocycles. The highest BCUT2D eigenvalue weighted by Crippen LogP contribution is 2.59.